The number of sulfone groups is 1. The number of amides is 1. The van der Waals surface area contributed by atoms with E-state index in [0.29, 0.717) is 24.6 Å². The van der Waals surface area contributed by atoms with Crippen LogP contribution in [0.1, 0.15) is 18.4 Å². The molecule has 152 valence electrons. The SMILES string of the molecule is O=C(CN1CCN([C@H]2CCS(=O)(=O)C2)CC1)N1CC=C(c2ccccc2)CC1. The van der Waals surface area contributed by atoms with E-state index in [4.69, 9.17) is 0 Å². The Morgan fingerprint density at radius 3 is 2.39 bits per heavy atom. The molecule has 1 aromatic rings. The molecule has 2 fully saturated rings. The monoisotopic (exact) mass is 403 g/mol. The molecule has 7 heteroatoms. The second kappa shape index (κ2) is 8.35. The van der Waals surface area contributed by atoms with Gasteiger partial charge in [0, 0.05) is 45.3 Å². The second-order valence-corrected chi connectivity index (χ2v) is 10.3. The third kappa shape index (κ3) is 4.64. The van der Waals surface area contributed by atoms with Gasteiger partial charge in [-0.15, -0.1) is 0 Å². The van der Waals surface area contributed by atoms with Crippen LogP contribution in [-0.2, 0) is 14.6 Å². The lowest BCUT2D eigenvalue weighted by Gasteiger charge is -2.38. The Morgan fingerprint density at radius 2 is 1.79 bits per heavy atom. The molecule has 0 aromatic heterocycles. The topological polar surface area (TPSA) is 60.9 Å². The standard InChI is InChI=1S/C21H29N3O3S/c25-21(24-9-6-19(7-10-24)18-4-2-1-3-5-18)16-22-11-13-23(14-12-22)20-8-15-28(26,27)17-20/h1-6,20H,7-17H2/t20-/m0/s1. The molecule has 1 amide bonds. The molecule has 28 heavy (non-hydrogen) atoms. The van der Waals surface area contributed by atoms with Gasteiger partial charge in [0.1, 0.15) is 0 Å². The maximum absolute atomic E-state index is 12.7. The van der Waals surface area contributed by atoms with Crippen molar-refractivity contribution < 1.29 is 13.2 Å². The van der Waals surface area contributed by atoms with E-state index in [1.807, 2.05) is 23.1 Å². The molecule has 3 heterocycles. The quantitative estimate of drug-likeness (QED) is 0.754. The van der Waals surface area contributed by atoms with Gasteiger partial charge in [-0.1, -0.05) is 36.4 Å². The first-order valence-corrected chi connectivity index (χ1v) is 12.0. The normalized spacial score (nSPS) is 26.2. The number of nitrogens with zero attached hydrogens (tertiary/aromatic N) is 3. The predicted octanol–water partition coefficient (Wildman–Crippen LogP) is 1.11. The van der Waals surface area contributed by atoms with Crippen molar-refractivity contribution in [1.82, 2.24) is 14.7 Å². The first-order valence-electron chi connectivity index (χ1n) is 10.2. The summed E-state index contributed by atoms with van der Waals surface area (Å²) in [5.74, 6) is 0.819. The highest BCUT2D eigenvalue weighted by molar-refractivity contribution is 7.91. The van der Waals surface area contributed by atoms with Crippen LogP contribution < -0.4 is 0 Å². The molecule has 4 rings (SSSR count). The van der Waals surface area contributed by atoms with Gasteiger partial charge in [-0.05, 0) is 24.0 Å². The molecule has 1 atom stereocenters. The van der Waals surface area contributed by atoms with Crippen molar-refractivity contribution in [3.8, 4) is 0 Å². The largest absolute Gasteiger partial charge is 0.338 e. The Morgan fingerprint density at radius 1 is 1.04 bits per heavy atom. The molecule has 0 bridgehead atoms. The van der Waals surface area contributed by atoms with Crippen molar-refractivity contribution in [2.45, 2.75) is 18.9 Å². The van der Waals surface area contributed by atoms with Gasteiger partial charge < -0.3 is 4.90 Å². The lowest BCUT2D eigenvalue weighted by atomic mass is 9.99. The molecule has 2 saturated heterocycles. The van der Waals surface area contributed by atoms with Crippen molar-refractivity contribution in [2.75, 3.05) is 57.3 Å². The zero-order chi connectivity index (χ0) is 19.6. The molecule has 0 N–H and O–H groups in total. The van der Waals surface area contributed by atoms with Gasteiger partial charge in [-0.25, -0.2) is 8.42 Å². The van der Waals surface area contributed by atoms with Crippen LogP contribution in [0.4, 0.5) is 0 Å². The minimum Gasteiger partial charge on any atom is -0.338 e. The molecule has 3 aliphatic rings. The fourth-order valence-corrected chi connectivity index (χ4v) is 6.21. The van der Waals surface area contributed by atoms with Crippen LogP contribution >= 0.6 is 0 Å². The predicted molar refractivity (Wildman–Crippen MR) is 111 cm³/mol. The number of benzene rings is 1. The summed E-state index contributed by atoms with van der Waals surface area (Å²) in [5, 5.41) is 0. The van der Waals surface area contributed by atoms with E-state index in [0.717, 1.165) is 45.6 Å². The lowest BCUT2D eigenvalue weighted by Crippen LogP contribution is -2.53. The summed E-state index contributed by atoms with van der Waals surface area (Å²) in [4.78, 5) is 19.1. The Bertz CT molecular complexity index is 830. The van der Waals surface area contributed by atoms with Gasteiger partial charge in [-0.3, -0.25) is 14.6 Å². The fraction of sp³-hybridized carbons (Fsp3) is 0.571. The Balaban J connectivity index is 1.24. The van der Waals surface area contributed by atoms with Crippen LogP contribution in [0, 0.1) is 0 Å². The summed E-state index contributed by atoms with van der Waals surface area (Å²) in [6.45, 7) is 5.30. The smallest absolute Gasteiger partial charge is 0.237 e. The summed E-state index contributed by atoms with van der Waals surface area (Å²) in [6, 6.07) is 10.5. The third-order valence-corrected chi connectivity index (χ3v) is 7.95. The van der Waals surface area contributed by atoms with E-state index >= 15 is 0 Å². The van der Waals surface area contributed by atoms with Gasteiger partial charge in [0.25, 0.3) is 0 Å². The highest BCUT2D eigenvalue weighted by Crippen LogP contribution is 2.22. The molecule has 0 spiro atoms. The summed E-state index contributed by atoms with van der Waals surface area (Å²) >= 11 is 0. The maximum atomic E-state index is 12.7. The zero-order valence-electron chi connectivity index (χ0n) is 16.3. The Hall–Kier alpha value is -1.70. The maximum Gasteiger partial charge on any atom is 0.237 e. The number of rotatable bonds is 4. The van der Waals surface area contributed by atoms with E-state index < -0.39 is 9.84 Å². The number of carbonyl (C=O) groups excluding carboxylic acids is 1. The lowest BCUT2D eigenvalue weighted by molar-refractivity contribution is -0.132. The highest BCUT2D eigenvalue weighted by atomic mass is 32.2. The van der Waals surface area contributed by atoms with Crippen molar-refractivity contribution in [1.29, 1.82) is 0 Å². The molecule has 0 aliphatic carbocycles. The zero-order valence-corrected chi connectivity index (χ0v) is 17.1. The van der Waals surface area contributed by atoms with E-state index in [-0.39, 0.29) is 11.9 Å². The minimum absolute atomic E-state index is 0.173. The number of carbonyl (C=O) groups is 1. The number of hydrogen-bond acceptors (Lipinski definition) is 5. The second-order valence-electron chi connectivity index (χ2n) is 8.05. The van der Waals surface area contributed by atoms with Crippen LogP contribution in [0.2, 0.25) is 0 Å². The van der Waals surface area contributed by atoms with Gasteiger partial charge in [-0.2, -0.15) is 0 Å². The number of hydrogen-bond donors (Lipinski definition) is 0. The van der Waals surface area contributed by atoms with Gasteiger partial charge in [0.05, 0.1) is 18.1 Å². The van der Waals surface area contributed by atoms with Crippen molar-refractivity contribution in [2.24, 2.45) is 0 Å². The summed E-state index contributed by atoms with van der Waals surface area (Å²) in [6.07, 6.45) is 3.83. The molecule has 0 radical (unpaired) electrons. The number of piperazine rings is 1. The van der Waals surface area contributed by atoms with Gasteiger partial charge in [0.2, 0.25) is 5.91 Å². The van der Waals surface area contributed by atoms with E-state index in [1.54, 1.807) is 0 Å². The van der Waals surface area contributed by atoms with E-state index in [2.05, 4.69) is 28.0 Å². The van der Waals surface area contributed by atoms with Crippen LogP contribution in [0.15, 0.2) is 36.4 Å². The van der Waals surface area contributed by atoms with Crippen LogP contribution in [0.3, 0.4) is 0 Å². The summed E-state index contributed by atoms with van der Waals surface area (Å²) in [7, 11) is -2.84. The van der Waals surface area contributed by atoms with Crippen molar-refractivity contribution >= 4 is 21.3 Å². The molecular weight excluding hydrogens is 374 g/mol. The summed E-state index contributed by atoms with van der Waals surface area (Å²) < 4.78 is 23.4. The van der Waals surface area contributed by atoms with Crippen LogP contribution in [-0.4, -0.2) is 92.4 Å². The third-order valence-electron chi connectivity index (χ3n) is 6.20. The average Bonchev–Trinajstić information content (AvgIpc) is 3.09. The molecule has 0 unspecified atom stereocenters. The van der Waals surface area contributed by atoms with Crippen molar-refractivity contribution in [3.63, 3.8) is 0 Å². The van der Waals surface area contributed by atoms with Gasteiger partial charge in [0.15, 0.2) is 9.84 Å². The molecule has 3 aliphatic heterocycles. The molecule has 6 nitrogen and oxygen atoms in total. The molecular formula is C21H29N3O3S. The van der Waals surface area contributed by atoms with Crippen LogP contribution in [0.25, 0.3) is 5.57 Å². The van der Waals surface area contributed by atoms with Crippen LogP contribution in [0.5, 0.6) is 0 Å². The van der Waals surface area contributed by atoms with E-state index in [9.17, 15) is 13.2 Å². The molecule has 1 aromatic carbocycles. The fourth-order valence-electron chi connectivity index (χ4n) is 4.45. The summed E-state index contributed by atoms with van der Waals surface area (Å²) in [5.41, 5.74) is 2.57. The van der Waals surface area contributed by atoms with E-state index in [1.165, 1.54) is 11.1 Å². The Kier molecular flexibility index (Phi) is 5.85. The van der Waals surface area contributed by atoms with Gasteiger partial charge >= 0.3 is 0 Å². The first-order chi connectivity index (χ1) is 13.5. The average molecular weight is 404 g/mol. The first kappa shape index (κ1) is 19.6. The Labute approximate surface area is 167 Å². The molecule has 0 saturated carbocycles. The van der Waals surface area contributed by atoms with Crippen molar-refractivity contribution in [3.05, 3.63) is 42.0 Å². The highest BCUT2D eigenvalue weighted by Gasteiger charge is 2.34. The minimum atomic E-state index is -2.84.